The van der Waals surface area contributed by atoms with E-state index in [0.717, 1.165) is 16.0 Å². The first-order chi connectivity index (χ1) is 10.2. The summed E-state index contributed by atoms with van der Waals surface area (Å²) in [4.78, 5) is 18.2. The van der Waals surface area contributed by atoms with Crippen LogP contribution in [-0.4, -0.2) is 36.0 Å². The van der Waals surface area contributed by atoms with Gasteiger partial charge in [0.1, 0.15) is 5.75 Å². The fourth-order valence-corrected chi connectivity index (χ4v) is 3.26. The summed E-state index contributed by atoms with van der Waals surface area (Å²) in [5.74, 6) is 0.550. The standard InChI is InChI=1S/C14H14N4O2S/c1-20-10-2-3-11-12(6-10)21-14(16-11)17-13(19)9-4-5-18(7-9)8-15/h2-3,6,9H,4-5,7H2,1H3,(H,16,17,19). The molecule has 0 saturated carbocycles. The average Bonchev–Trinajstić information content (AvgIpc) is 3.12. The molecular formula is C14H14N4O2S. The molecule has 1 aromatic heterocycles. The van der Waals surface area contributed by atoms with Crippen LogP contribution < -0.4 is 10.1 Å². The predicted molar refractivity (Wildman–Crippen MR) is 80.1 cm³/mol. The molecule has 6 nitrogen and oxygen atoms in total. The number of hydrogen-bond acceptors (Lipinski definition) is 6. The van der Waals surface area contributed by atoms with Crippen molar-refractivity contribution in [1.29, 1.82) is 5.26 Å². The van der Waals surface area contributed by atoms with Crippen LogP contribution in [0.5, 0.6) is 5.75 Å². The van der Waals surface area contributed by atoms with E-state index in [4.69, 9.17) is 10.00 Å². The highest BCUT2D eigenvalue weighted by atomic mass is 32.1. The van der Waals surface area contributed by atoms with E-state index in [2.05, 4.69) is 16.5 Å². The van der Waals surface area contributed by atoms with Crippen molar-refractivity contribution in [1.82, 2.24) is 9.88 Å². The predicted octanol–water partition coefficient (Wildman–Crippen LogP) is 2.05. The maximum Gasteiger partial charge on any atom is 0.231 e. The molecule has 7 heteroatoms. The number of thiazole rings is 1. The molecule has 0 spiro atoms. The van der Waals surface area contributed by atoms with Crippen molar-refractivity contribution in [3.63, 3.8) is 0 Å². The van der Waals surface area contributed by atoms with Crippen molar-refractivity contribution >= 4 is 32.6 Å². The summed E-state index contributed by atoms with van der Waals surface area (Å²) >= 11 is 1.42. The Labute approximate surface area is 125 Å². The lowest BCUT2D eigenvalue weighted by Crippen LogP contribution is -2.25. The first-order valence-electron chi connectivity index (χ1n) is 6.59. The van der Waals surface area contributed by atoms with Crippen LogP contribution >= 0.6 is 11.3 Å². The molecule has 1 unspecified atom stereocenters. The van der Waals surface area contributed by atoms with Crippen molar-refractivity contribution in [3.05, 3.63) is 18.2 Å². The van der Waals surface area contributed by atoms with E-state index in [0.29, 0.717) is 24.6 Å². The molecule has 1 saturated heterocycles. The van der Waals surface area contributed by atoms with E-state index >= 15 is 0 Å². The monoisotopic (exact) mass is 302 g/mol. The summed E-state index contributed by atoms with van der Waals surface area (Å²) in [6.45, 7) is 1.13. The molecule has 2 heterocycles. The fourth-order valence-electron chi connectivity index (χ4n) is 2.36. The molecule has 0 aliphatic carbocycles. The lowest BCUT2D eigenvalue weighted by molar-refractivity contribution is -0.119. The summed E-state index contributed by atoms with van der Waals surface area (Å²) in [7, 11) is 1.62. The first kappa shape index (κ1) is 13.6. The van der Waals surface area contributed by atoms with Gasteiger partial charge in [0.2, 0.25) is 5.91 Å². The van der Waals surface area contributed by atoms with Gasteiger partial charge in [0.25, 0.3) is 0 Å². The zero-order chi connectivity index (χ0) is 14.8. The van der Waals surface area contributed by atoms with Crippen LogP contribution in [0.25, 0.3) is 10.2 Å². The number of amides is 1. The number of aromatic nitrogens is 1. The van der Waals surface area contributed by atoms with Crippen molar-refractivity contribution in [2.45, 2.75) is 6.42 Å². The average molecular weight is 302 g/mol. The lowest BCUT2D eigenvalue weighted by atomic mass is 10.1. The molecule has 1 fully saturated rings. The minimum atomic E-state index is -0.147. The summed E-state index contributed by atoms with van der Waals surface area (Å²) in [5, 5.41) is 12.3. The third-order valence-corrected chi connectivity index (χ3v) is 4.46. The SMILES string of the molecule is COc1ccc2nc(NC(=O)C3CCN(C#N)C3)sc2c1. The van der Waals surface area contributed by atoms with Gasteiger partial charge in [0.05, 0.1) is 23.2 Å². The van der Waals surface area contributed by atoms with Crippen LogP contribution in [0.2, 0.25) is 0 Å². The fraction of sp³-hybridized carbons (Fsp3) is 0.357. The number of carbonyl (C=O) groups is 1. The topological polar surface area (TPSA) is 78.2 Å². The minimum Gasteiger partial charge on any atom is -0.497 e. The second kappa shape index (κ2) is 5.58. The number of anilines is 1. The first-order valence-corrected chi connectivity index (χ1v) is 7.41. The summed E-state index contributed by atoms with van der Waals surface area (Å²) in [6.07, 6.45) is 2.78. The maximum absolute atomic E-state index is 12.2. The number of rotatable bonds is 3. The van der Waals surface area contributed by atoms with Crippen LogP contribution in [0.1, 0.15) is 6.42 Å². The molecule has 1 atom stereocenters. The van der Waals surface area contributed by atoms with Crippen LogP contribution in [-0.2, 0) is 4.79 Å². The molecule has 0 bridgehead atoms. The van der Waals surface area contributed by atoms with Gasteiger partial charge in [0.15, 0.2) is 11.3 Å². The van der Waals surface area contributed by atoms with Gasteiger partial charge < -0.3 is 15.0 Å². The Kier molecular flexibility index (Phi) is 3.62. The van der Waals surface area contributed by atoms with Gasteiger partial charge in [-0.05, 0) is 24.6 Å². The largest absolute Gasteiger partial charge is 0.497 e. The molecule has 1 aromatic carbocycles. The Morgan fingerprint density at radius 1 is 1.62 bits per heavy atom. The number of ether oxygens (including phenoxy) is 1. The third-order valence-electron chi connectivity index (χ3n) is 3.53. The molecule has 2 aromatic rings. The van der Waals surface area contributed by atoms with Crippen molar-refractivity contribution in [3.8, 4) is 11.9 Å². The lowest BCUT2D eigenvalue weighted by Gasteiger charge is -2.08. The van der Waals surface area contributed by atoms with Gasteiger partial charge in [-0.15, -0.1) is 0 Å². The Hall–Kier alpha value is -2.33. The smallest absolute Gasteiger partial charge is 0.231 e. The maximum atomic E-state index is 12.2. The third kappa shape index (κ3) is 2.76. The minimum absolute atomic E-state index is 0.0706. The van der Waals surface area contributed by atoms with E-state index in [-0.39, 0.29) is 11.8 Å². The normalized spacial score (nSPS) is 17.7. The number of benzene rings is 1. The van der Waals surface area contributed by atoms with Crippen LogP contribution in [0, 0.1) is 17.4 Å². The Morgan fingerprint density at radius 2 is 2.48 bits per heavy atom. The molecular weight excluding hydrogens is 288 g/mol. The highest BCUT2D eigenvalue weighted by molar-refractivity contribution is 7.22. The molecule has 108 valence electrons. The van der Waals surface area contributed by atoms with Crippen LogP contribution in [0.15, 0.2) is 18.2 Å². The number of likely N-dealkylation sites (tertiary alicyclic amines) is 1. The Bertz CT molecular complexity index is 721. The van der Waals surface area contributed by atoms with E-state index in [1.165, 1.54) is 11.3 Å². The van der Waals surface area contributed by atoms with Crippen LogP contribution in [0.4, 0.5) is 5.13 Å². The van der Waals surface area contributed by atoms with Gasteiger partial charge in [-0.25, -0.2) is 4.98 Å². The van der Waals surface area contributed by atoms with E-state index in [1.54, 1.807) is 12.0 Å². The van der Waals surface area contributed by atoms with Crippen molar-refractivity contribution < 1.29 is 9.53 Å². The zero-order valence-corrected chi connectivity index (χ0v) is 12.3. The second-order valence-electron chi connectivity index (χ2n) is 4.87. The molecule has 1 amide bonds. The number of nitriles is 1. The molecule has 1 N–H and O–H groups in total. The Morgan fingerprint density at radius 3 is 3.19 bits per heavy atom. The zero-order valence-electron chi connectivity index (χ0n) is 11.5. The van der Waals surface area contributed by atoms with Gasteiger partial charge in [-0.1, -0.05) is 11.3 Å². The summed E-state index contributed by atoms with van der Waals surface area (Å²) in [5.41, 5.74) is 0.834. The molecule has 1 aliphatic rings. The van der Waals surface area contributed by atoms with E-state index in [9.17, 15) is 4.79 Å². The highest BCUT2D eigenvalue weighted by Crippen LogP contribution is 2.29. The van der Waals surface area contributed by atoms with Crippen molar-refractivity contribution in [2.24, 2.45) is 5.92 Å². The number of methoxy groups -OCH3 is 1. The second-order valence-corrected chi connectivity index (χ2v) is 5.90. The number of fused-ring (bicyclic) bond motifs is 1. The number of carbonyl (C=O) groups excluding carboxylic acids is 1. The number of nitrogens with zero attached hydrogens (tertiary/aromatic N) is 3. The van der Waals surface area contributed by atoms with Crippen molar-refractivity contribution in [2.75, 3.05) is 25.5 Å². The van der Waals surface area contributed by atoms with E-state index < -0.39 is 0 Å². The quantitative estimate of drug-likeness (QED) is 0.878. The van der Waals surface area contributed by atoms with Gasteiger partial charge in [-0.3, -0.25) is 4.79 Å². The van der Waals surface area contributed by atoms with E-state index in [1.807, 2.05) is 18.2 Å². The molecule has 1 aliphatic heterocycles. The molecule has 21 heavy (non-hydrogen) atoms. The van der Waals surface area contributed by atoms with Crippen LogP contribution in [0.3, 0.4) is 0 Å². The summed E-state index contributed by atoms with van der Waals surface area (Å²) < 4.78 is 6.14. The molecule has 0 radical (unpaired) electrons. The Balaban J connectivity index is 1.73. The number of hydrogen-bond donors (Lipinski definition) is 1. The van der Waals surface area contributed by atoms with Gasteiger partial charge in [0, 0.05) is 13.1 Å². The highest BCUT2D eigenvalue weighted by Gasteiger charge is 2.28. The van der Waals surface area contributed by atoms with Gasteiger partial charge >= 0.3 is 0 Å². The number of nitrogens with one attached hydrogen (secondary N) is 1. The van der Waals surface area contributed by atoms with Gasteiger partial charge in [-0.2, -0.15) is 5.26 Å². The summed E-state index contributed by atoms with van der Waals surface area (Å²) in [6, 6.07) is 5.61. The molecule has 3 rings (SSSR count).